The van der Waals surface area contributed by atoms with Crippen molar-refractivity contribution in [3.05, 3.63) is 76.7 Å². The van der Waals surface area contributed by atoms with Crippen LogP contribution in [0.25, 0.3) is 27.7 Å². The molecule has 0 aliphatic carbocycles. The van der Waals surface area contributed by atoms with Crippen LogP contribution in [0, 0.1) is 0 Å². The Morgan fingerprint density at radius 2 is 1.88 bits per heavy atom. The van der Waals surface area contributed by atoms with E-state index < -0.39 is 0 Å². The van der Waals surface area contributed by atoms with Crippen molar-refractivity contribution in [1.29, 1.82) is 0 Å². The summed E-state index contributed by atoms with van der Waals surface area (Å²) in [7, 11) is 0. The van der Waals surface area contributed by atoms with Crippen LogP contribution in [0.5, 0.6) is 0 Å². The molecular weight excluding hydrogens is 312 g/mol. The number of anilines is 1. The van der Waals surface area contributed by atoms with E-state index in [0.29, 0.717) is 13.0 Å². The molecule has 25 heavy (non-hydrogen) atoms. The van der Waals surface area contributed by atoms with Gasteiger partial charge in [-0.15, -0.1) is 0 Å². The molecule has 0 spiro atoms. The minimum absolute atomic E-state index is 0.00450. The van der Waals surface area contributed by atoms with Crippen LogP contribution in [0.2, 0.25) is 0 Å². The minimum atomic E-state index is 0.00450. The molecule has 0 fully saturated rings. The number of aromatic amines is 1. The van der Waals surface area contributed by atoms with Crippen LogP contribution < -0.4 is 10.9 Å². The largest absolute Gasteiger partial charge is 0.369 e. The number of fused-ring (bicyclic) bond motifs is 4. The molecule has 2 N–H and O–H groups in total. The number of nitrogens with one attached hydrogen (secondary N) is 2. The van der Waals surface area contributed by atoms with E-state index in [1.165, 1.54) is 0 Å². The molecular formula is C20H16N4O. The van der Waals surface area contributed by atoms with E-state index in [2.05, 4.69) is 27.5 Å². The smallest absolute Gasteiger partial charge is 0.275 e. The third-order valence-electron chi connectivity index (χ3n) is 4.74. The molecule has 4 aromatic rings. The molecule has 1 aliphatic heterocycles. The van der Waals surface area contributed by atoms with Crippen LogP contribution in [0.3, 0.4) is 0 Å². The number of nitrogens with zero attached hydrogens (tertiary/aromatic N) is 2. The number of pyridine rings is 1. The summed E-state index contributed by atoms with van der Waals surface area (Å²) in [4.78, 5) is 17.5. The number of hydrogen-bond acceptors (Lipinski definition) is 3. The highest BCUT2D eigenvalue weighted by Crippen LogP contribution is 2.30. The fraction of sp³-hybridized carbons (Fsp3) is 0.100. The highest BCUT2D eigenvalue weighted by Gasteiger charge is 2.22. The number of aromatic nitrogens is 3. The zero-order valence-electron chi connectivity index (χ0n) is 13.5. The Morgan fingerprint density at radius 1 is 1.00 bits per heavy atom. The summed E-state index contributed by atoms with van der Waals surface area (Å²) in [5.74, 6) is 0.813. The summed E-state index contributed by atoms with van der Waals surface area (Å²) < 4.78 is 1.66. The average molecular weight is 328 g/mol. The summed E-state index contributed by atoms with van der Waals surface area (Å²) in [5.41, 5.74) is 3.46. The summed E-state index contributed by atoms with van der Waals surface area (Å²) >= 11 is 0. The highest BCUT2D eigenvalue weighted by atomic mass is 16.1. The number of benzene rings is 2. The second-order valence-electron chi connectivity index (χ2n) is 6.18. The maximum Gasteiger partial charge on any atom is 0.275 e. The van der Waals surface area contributed by atoms with Crippen LogP contribution in [0.4, 0.5) is 5.82 Å². The molecule has 5 heteroatoms. The predicted molar refractivity (Wildman–Crippen MR) is 99.3 cm³/mol. The van der Waals surface area contributed by atoms with Gasteiger partial charge in [-0.25, -0.2) is 9.67 Å². The van der Waals surface area contributed by atoms with Gasteiger partial charge in [0.1, 0.15) is 5.82 Å². The van der Waals surface area contributed by atoms with Gasteiger partial charge >= 0.3 is 0 Å². The summed E-state index contributed by atoms with van der Waals surface area (Å²) in [5, 5.41) is 8.79. The topological polar surface area (TPSA) is 62.7 Å². The third-order valence-corrected chi connectivity index (χ3v) is 4.74. The van der Waals surface area contributed by atoms with E-state index in [-0.39, 0.29) is 5.56 Å². The normalized spacial score (nSPS) is 13.0. The maximum atomic E-state index is 13.1. The van der Waals surface area contributed by atoms with Crippen molar-refractivity contribution < 1.29 is 0 Å². The lowest BCUT2D eigenvalue weighted by Crippen LogP contribution is -2.19. The number of H-pyrrole nitrogens is 1. The summed E-state index contributed by atoms with van der Waals surface area (Å²) in [6, 6.07) is 18.0. The fourth-order valence-corrected chi connectivity index (χ4v) is 3.55. The second kappa shape index (κ2) is 5.34. The zero-order chi connectivity index (χ0) is 16.8. The Bertz CT molecular complexity index is 1150. The minimum Gasteiger partial charge on any atom is -0.369 e. The first-order chi connectivity index (χ1) is 12.3. The van der Waals surface area contributed by atoms with E-state index >= 15 is 0 Å². The fourth-order valence-electron chi connectivity index (χ4n) is 3.55. The summed E-state index contributed by atoms with van der Waals surface area (Å²) in [6.45, 7) is 0.694. The Balaban J connectivity index is 1.80. The van der Waals surface area contributed by atoms with Crippen molar-refractivity contribution in [1.82, 2.24) is 14.8 Å². The van der Waals surface area contributed by atoms with Crippen molar-refractivity contribution in [3.8, 4) is 16.9 Å². The molecule has 0 saturated carbocycles. The van der Waals surface area contributed by atoms with Gasteiger partial charge in [0.25, 0.3) is 5.56 Å². The lowest BCUT2D eigenvalue weighted by molar-refractivity contribution is 0.852. The van der Waals surface area contributed by atoms with Crippen molar-refractivity contribution in [3.63, 3.8) is 0 Å². The van der Waals surface area contributed by atoms with Crippen LogP contribution in [-0.2, 0) is 6.42 Å². The van der Waals surface area contributed by atoms with Crippen LogP contribution >= 0.6 is 0 Å². The lowest BCUT2D eigenvalue weighted by atomic mass is 10.1. The van der Waals surface area contributed by atoms with Gasteiger partial charge in [-0.2, -0.15) is 0 Å². The Morgan fingerprint density at radius 3 is 2.84 bits per heavy atom. The first-order valence-corrected chi connectivity index (χ1v) is 8.34. The molecule has 0 bridgehead atoms. The average Bonchev–Trinajstić information content (AvgIpc) is 2.86. The van der Waals surface area contributed by atoms with Gasteiger partial charge < -0.3 is 5.32 Å². The molecule has 0 amide bonds. The van der Waals surface area contributed by atoms with Gasteiger partial charge in [-0.1, -0.05) is 36.4 Å². The van der Waals surface area contributed by atoms with E-state index in [0.717, 1.165) is 39.1 Å². The van der Waals surface area contributed by atoms with E-state index in [1.54, 1.807) is 10.9 Å². The summed E-state index contributed by atoms with van der Waals surface area (Å²) in [6.07, 6.45) is 2.43. The molecule has 5 rings (SSSR count). The molecule has 2 aromatic heterocycles. The van der Waals surface area contributed by atoms with Gasteiger partial charge in [0.15, 0.2) is 0 Å². The molecule has 0 radical (unpaired) electrons. The van der Waals surface area contributed by atoms with E-state index in [1.807, 2.05) is 42.5 Å². The standard InChI is InChI=1S/C20H16N4O/c25-20-16-10-12-22-19-15(8-4-11-21-19)18(16)23-24(20)17-9-3-6-13-5-1-2-7-14(13)17/h1-9,11,23H,10,12H2,(H,21,22). The number of rotatable bonds is 1. The molecule has 3 heterocycles. The Hall–Kier alpha value is -3.34. The highest BCUT2D eigenvalue weighted by molar-refractivity contribution is 5.90. The quantitative estimate of drug-likeness (QED) is 0.563. The molecule has 1 aliphatic rings. The van der Waals surface area contributed by atoms with Crippen molar-refractivity contribution >= 4 is 16.6 Å². The molecule has 0 unspecified atom stereocenters. The molecule has 5 nitrogen and oxygen atoms in total. The van der Waals surface area contributed by atoms with Gasteiger partial charge in [-0.3, -0.25) is 9.89 Å². The molecule has 0 atom stereocenters. The molecule has 122 valence electrons. The number of hydrogen-bond donors (Lipinski definition) is 2. The molecule has 0 saturated heterocycles. The monoisotopic (exact) mass is 328 g/mol. The van der Waals surface area contributed by atoms with E-state index in [9.17, 15) is 4.79 Å². The SMILES string of the molecule is O=c1c2c([nH]n1-c1cccc3ccccc13)-c1cccnc1NCC2. The van der Waals surface area contributed by atoms with Gasteiger partial charge in [0.05, 0.1) is 11.4 Å². The van der Waals surface area contributed by atoms with Crippen LogP contribution in [-0.4, -0.2) is 21.3 Å². The van der Waals surface area contributed by atoms with Crippen LogP contribution in [0.15, 0.2) is 65.6 Å². The van der Waals surface area contributed by atoms with Gasteiger partial charge in [0, 0.05) is 29.3 Å². The van der Waals surface area contributed by atoms with Gasteiger partial charge in [0.2, 0.25) is 0 Å². The molecule has 2 aromatic carbocycles. The van der Waals surface area contributed by atoms with Crippen LogP contribution in [0.1, 0.15) is 5.56 Å². The van der Waals surface area contributed by atoms with E-state index in [4.69, 9.17) is 0 Å². The van der Waals surface area contributed by atoms with Crippen molar-refractivity contribution in [2.75, 3.05) is 11.9 Å². The Kier molecular flexibility index (Phi) is 3.00. The van der Waals surface area contributed by atoms with Crippen molar-refractivity contribution in [2.24, 2.45) is 0 Å². The lowest BCUT2D eigenvalue weighted by Gasteiger charge is -2.08. The first kappa shape index (κ1) is 14.0. The second-order valence-corrected chi connectivity index (χ2v) is 6.18. The Labute approximate surface area is 143 Å². The van der Waals surface area contributed by atoms with Crippen molar-refractivity contribution in [2.45, 2.75) is 6.42 Å². The third kappa shape index (κ3) is 2.09. The first-order valence-electron chi connectivity index (χ1n) is 8.34. The zero-order valence-corrected chi connectivity index (χ0v) is 13.5. The van der Waals surface area contributed by atoms with Gasteiger partial charge in [-0.05, 0) is 30.0 Å². The maximum absolute atomic E-state index is 13.1. The predicted octanol–water partition coefficient (Wildman–Crippen LogP) is 3.35.